The van der Waals surface area contributed by atoms with E-state index < -0.39 is 0 Å². The average Bonchev–Trinajstić information content (AvgIpc) is 2.87. The molecule has 128 valence electrons. The number of ether oxygens (including phenoxy) is 1. The first-order valence-corrected chi connectivity index (χ1v) is 7.68. The summed E-state index contributed by atoms with van der Waals surface area (Å²) in [6, 6.07) is 3.56. The quantitative estimate of drug-likeness (QED) is 0.788. The lowest BCUT2D eigenvalue weighted by molar-refractivity contribution is -0.129. The maximum absolute atomic E-state index is 12.2. The van der Waals surface area contributed by atoms with Crippen LogP contribution in [-0.4, -0.2) is 40.6 Å². The zero-order valence-corrected chi connectivity index (χ0v) is 15.7. The van der Waals surface area contributed by atoms with Gasteiger partial charge >= 0.3 is 0 Å². The van der Waals surface area contributed by atoms with Crippen LogP contribution in [0.5, 0.6) is 0 Å². The van der Waals surface area contributed by atoms with E-state index in [9.17, 15) is 4.79 Å². The number of pyridine rings is 1. The van der Waals surface area contributed by atoms with E-state index in [1.54, 1.807) is 0 Å². The second kappa shape index (κ2) is 8.84. The third-order valence-electron chi connectivity index (χ3n) is 3.51. The minimum atomic E-state index is -0.301. The molecule has 6 nitrogen and oxygen atoms in total. The maximum Gasteiger partial charge on any atom is 0.240 e. The Morgan fingerprint density at radius 1 is 1.48 bits per heavy atom. The van der Waals surface area contributed by atoms with Gasteiger partial charge in [-0.3, -0.25) is 4.79 Å². The molecule has 1 aliphatic heterocycles. The van der Waals surface area contributed by atoms with Crippen molar-refractivity contribution in [2.75, 3.05) is 13.2 Å². The number of hydrogen-bond acceptors (Lipinski definition) is 4. The highest BCUT2D eigenvalue weighted by molar-refractivity contribution is 9.10. The van der Waals surface area contributed by atoms with Gasteiger partial charge in [0, 0.05) is 23.4 Å². The molecule has 1 saturated heterocycles. The van der Waals surface area contributed by atoms with Crippen molar-refractivity contribution in [2.45, 2.75) is 25.6 Å². The number of halogens is 3. The number of carbonyl (C=O) groups excluding carboxylic acids is 1. The molecule has 0 bridgehead atoms. The third kappa shape index (κ3) is 4.81. The van der Waals surface area contributed by atoms with Crippen molar-refractivity contribution < 1.29 is 9.53 Å². The van der Waals surface area contributed by atoms with E-state index in [2.05, 4.69) is 31.5 Å². The highest BCUT2D eigenvalue weighted by Gasteiger charge is 2.27. The summed E-state index contributed by atoms with van der Waals surface area (Å²) in [7, 11) is 0. The molecule has 1 fully saturated rings. The molecule has 2 aromatic heterocycles. The van der Waals surface area contributed by atoms with Crippen LogP contribution >= 0.6 is 40.7 Å². The van der Waals surface area contributed by atoms with E-state index in [0.29, 0.717) is 19.7 Å². The number of imidazole rings is 1. The lowest BCUT2D eigenvalue weighted by Crippen LogP contribution is -2.55. The lowest BCUT2D eigenvalue weighted by Gasteiger charge is -2.29. The first-order chi connectivity index (χ1) is 10.1. The Balaban J connectivity index is 0.00000132. The van der Waals surface area contributed by atoms with Gasteiger partial charge in [0.2, 0.25) is 5.91 Å². The summed E-state index contributed by atoms with van der Waals surface area (Å²) in [4.78, 5) is 16.6. The van der Waals surface area contributed by atoms with Crippen LogP contribution in [0.4, 0.5) is 0 Å². The summed E-state index contributed by atoms with van der Waals surface area (Å²) < 4.78 is 8.39. The Labute approximate surface area is 155 Å². The third-order valence-corrected chi connectivity index (χ3v) is 3.98. The minimum Gasteiger partial charge on any atom is -0.375 e. The summed E-state index contributed by atoms with van der Waals surface area (Å²) >= 11 is 3.42. The zero-order chi connectivity index (χ0) is 14.8. The van der Waals surface area contributed by atoms with Crippen LogP contribution in [0.15, 0.2) is 29.0 Å². The minimum absolute atomic E-state index is 0. The van der Waals surface area contributed by atoms with E-state index in [1.165, 1.54) is 0 Å². The van der Waals surface area contributed by atoms with E-state index in [0.717, 1.165) is 15.8 Å². The molecule has 0 radical (unpaired) electrons. The number of aromatic nitrogens is 2. The number of nitrogens with one attached hydrogen (secondary N) is 2. The fraction of sp³-hybridized carbons (Fsp3) is 0.429. The molecule has 23 heavy (non-hydrogen) atoms. The molecule has 1 amide bonds. The van der Waals surface area contributed by atoms with Gasteiger partial charge in [0.25, 0.3) is 0 Å². The van der Waals surface area contributed by atoms with Crippen LogP contribution in [0.25, 0.3) is 5.65 Å². The Hall–Kier alpha value is -0.860. The fourth-order valence-corrected chi connectivity index (χ4v) is 2.77. The van der Waals surface area contributed by atoms with Crippen LogP contribution in [0.3, 0.4) is 0 Å². The largest absolute Gasteiger partial charge is 0.375 e. The highest BCUT2D eigenvalue weighted by atomic mass is 79.9. The van der Waals surface area contributed by atoms with E-state index in [-0.39, 0.29) is 42.9 Å². The normalized spacial score (nSPS) is 20.4. The Morgan fingerprint density at radius 2 is 2.26 bits per heavy atom. The average molecular weight is 426 g/mol. The van der Waals surface area contributed by atoms with Crippen molar-refractivity contribution in [3.63, 3.8) is 0 Å². The van der Waals surface area contributed by atoms with Crippen molar-refractivity contribution in [2.24, 2.45) is 0 Å². The highest BCUT2D eigenvalue weighted by Crippen LogP contribution is 2.12. The summed E-state index contributed by atoms with van der Waals surface area (Å²) in [5, 5.41) is 6.08. The second-order valence-electron chi connectivity index (χ2n) is 5.07. The first kappa shape index (κ1) is 20.2. The monoisotopic (exact) mass is 424 g/mol. The topological polar surface area (TPSA) is 67.7 Å². The second-order valence-corrected chi connectivity index (χ2v) is 5.99. The van der Waals surface area contributed by atoms with Gasteiger partial charge in [-0.15, -0.1) is 24.8 Å². The van der Waals surface area contributed by atoms with Crippen LogP contribution in [0.1, 0.15) is 12.6 Å². The van der Waals surface area contributed by atoms with Crippen LogP contribution < -0.4 is 10.6 Å². The number of nitrogens with zero attached hydrogens (tertiary/aromatic N) is 2. The van der Waals surface area contributed by atoms with Crippen molar-refractivity contribution in [3.05, 3.63) is 34.7 Å². The lowest BCUT2D eigenvalue weighted by atomic mass is 10.1. The molecule has 1 aliphatic rings. The summed E-state index contributed by atoms with van der Waals surface area (Å²) in [5.74, 6) is -0.0552. The Bertz CT molecular complexity index is 667. The molecule has 2 N–H and O–H groups in total. The molecule has 3 heterocycles. The van der Waals surface area contributed by atoms with Gasteiger partial charge in [-0.2, -0.15) is 0 Å². The molecule has 0 saturated carbocycles. The number of morpholine rings is 1. The van der Waals surface area contributed by atoms with Gasteiger partial charge in [-0.05, 0) is 35.0 Å². The fourth-order valence-electron chi connectivity index (χ4n) is 2.42. The molecule has 0 aliphatic carbocycles. The van der Waals surface area contributed by atoms with Gasteiger partial charge in [-0.1, -0.05) is 0 Å². The van der Waals surface area contributed by atoms with Crippen molar-refractivity contribution >= 4 is 52.3 Å². The van der Waals surface area contributed by atoms with Crippen LogP contribution in [0, 0.1) is 0 Å². The number of rotatable bonds is 3. The van der Waals surface area contributed by atoms with E-state index in [4.69, 9.17) is 4.74 Å². The molecule has 0 aromatic carbocycles. The molecule has 2 atom stereocenters. The molecule has 0 spiro atoms. The first-order valence-electron chi connectivity index (χ1n) is 6.89. The van der Waals surface area contributed by atoms with Gasteiger partial charge < -0.3 is 19.8 Å². The maximum atomic E-state index is 12.2. The summed E-state index contributed by atoms with van der Waals surface area (Å²) in [6.07, 6.45) is 3.73. The number of fused-ring (bicyclic) bond motifs is 1. The van der Waals surface area contributed by atoms with E-state index >= 15 is 0 Å². The standard InChI is InChI=1S/C14H17BrN4O2.2ClH/c1-9-13(16-4-5-21-9)14(20)17-6-11-8-19-7-10(15)2-3-12(19)18-11;;/h2-3,7-9,13,16H,4-6H2,1H3,(H,17,20);2*1H/t9-,13+;;/m1../s1. The SMILES string of the molecule is C[C@H]1OCCN[C@@H]1C(=O)NCc1cn2cc(Br)ccc2n1.Cl.Cl. The van der Waals surface area contributed by atoms with E-state index in [1.807, 2.05) is 35.9 Å². The summed E-state index contributed by atoms with van der Waals surface area (Å²) in [5.41, 5.74) is 1.68. The molecular weight excluding hydrogens is 407 g/mol. The van der Waals surface area contributed by atoms with Crippen molar-refractivity contribution in [3.8, 4) is 0 Å². The Morgan fingerprint density at radius 3 is 3.00 bits per heavy atom. The Kier molecular flexibility index (Phi) is 7.76. The van der Waals surface area contributed by atoms with Gasteiger partial charge in [0.1, 0.15) is 11.7 Å². The number of hydrogen-bond donors (Lipinski definition) is 2. The molecule has 9 heteroatoms. The smallest absolute Gasteiger partial charge is 0.240 e. The number of amides is 1. The summed E-state index contributed by atoms with van der Waals surface area (Å²) in [6.45, 7) is 3.65. The van der Waals surface area contributed by atoms with Crippen LogP contribution in [-0.2, 0) is 16.1 Å². The predicted octanol–water partition coefficient (Wildman–Crippen LogP) is 1.93. The number of carbonyl (C=O) groups is 1. The van der Waals surface area contributed by atoms with Crippen molar-refractivity contribution in [1.82, 2.24) is 20.0 Å². The molecule has 2 aromatic rings. The zero-order valence-electron chi connectivity index (χ0n) is 12.5. The van der Waals surface area contributed by atoms with Crippen molar-refractivity contribution in [1.29, 1.82) is 0 Å². The predicted molar refractivity (Wildman–Crippen MR) is 96.4 cm³/mol. The van der Waals surface area contributed by atoms with Gasteiger partial charge in [0.15, 0.2) is 0 Å². The molecular formula is C14H19BrCl2N4O2. The van der Waals surface area contributed by atoms with Gasteiger partial charge in [-0.25, -0.2) is 4.98 Å². The van der Waals surface area contributed by atoms with Gasteiger partial charge in [0.05, 0.1) is 24.9 Å². The molecule has 0 unspecified atom stereocenters. The van der Waals surface area contributed by atoms with Crippen LogP contribution in [0.2, 0.25) is 0 Å². The molecule has 3 rings (SSSR count).